The summed E-state index contributed by atoms with van der Waals surface area (Å²) < 4.78 is 0.545. The highest BCUT2D eigenvalue weighted by atomic mass is 16.5. The Labute approximate surface area is 119 Å². The SMILES string of the molecule is C=C[C@]1(C)C[C@@H](C)C[C@@H](C)[C@@H]1c1c(O)ccn(O)c1=O. The second-order valence-electron chi connectivity index (χ2n) is 6.47. The third-order valence-corrected chi connectivity index (χ3v) is 4.71. The van der Waals surface area contributed by atoms with E-state index in [4.69, 9.17) is 0 Å². The lowest BCUT2D eigenvalue weighted by molar-refractivity contribution is 0.121. The molecule has 2 N–H and O–H groups in total. The molecule has 0 unspecified atom stereocenters. The second kappa shape index (κ2) is 5.00. The number of allylic oxidation sites excluding steroid dienone is 1. The van der Waals surface area contributed by atoms with E-state index < -0.39 is 5.56 Å². The standard InChI is InChI=1S/C16H23NO3/c1-5-16(4)9-10(2)8-11(3)14(16)13-12(18)6-7-17(20)15(13)19/h5-7,10-11,14,18,20H,1,8-9H2,2-4H3/t10-,11+,14+,16+/m0/s1. The molecule has 4 atom stereocenters. The van der Waals surface area contributed by atoms with E-state index in [1.807, 2.05) is 6.08 Å². The van der Waals surface area contributed by atoms with E-state index >= 15 is 0 Å². The van der Waals surface area contributed by atoms with Crippen LogP contribution < -0.4 is 5.56 Å². The van der Waals surface area contributed by atoms with E-state index in [0.717, 1.165) is 12.8 Å². The third kappa shape index (κ3) is 2.23. The van der Waals surface area contributed by atoms with Crippen LogP contribution in [0.25, 0.3) is 0 Å². The molecule has 1 fully saturated rings. The fourth-order valence-corrected chi connectivity index (χ4v) is 4.03. The van der Waals surface area contributed by atoms with Gasteiger partial charge in [-0.1, -0.05) is 26.8 Å². The summed E-state index contributed by atoms with van der Waals surface area (Å²) in [5.41, 5.74) is -0.497. The summed E-state index contributed by atoms with van der Waals surface area (Å²) in [6.45, 7) is 10.3. The van der Waals surface area contributed by atoms with Crippen LogP contribution in [0.4, 0.5) is 0 Å². The van der Waals surface area contributed by atoms with Crippen LogP contribution in [0.1, 0.15) is 45.1 Å². The Morgan fingerprint density at radius 3 is 2.75 bits per heavy atom. The van der Waals surface area contributed by atoms with Crippen molar-refractivity contribution in [3.63, 3.8) is 0 Å². The van der Waals surface area contributed by atoms with Crippen LogP contribution in [0.5, 0.6) is 5.75 Å². The molecule has 20 heavy (non-hydrogen) atoms. The van der Waals surface area contributed by atoms with Gasteiger partial charge in [-0.3, -0.25) is 4.79 Å². The van der Waals surface area contributed by atoms with Crippen molar-refractivity contribution in [1.82, 2.24) is 4.73 Å². The lowest BCUT2D eigenvalue weighted by Gasteiger charge is -2.46. The third-order valence-electron chi connectivity index (χ3n) is 4.71. The Bertz CT molecular complexity index is 578. The molecule has 0 amide bonds. The van der Waals surface area contributed by atoms with Crippen LogP contribution in [0.15, 0.2) is 29.7 Å². The molecule has 1 aliphatic rings. The zero-order valence-electron chi connectivity index (χ0n) is 12.3. The van der Waals surface area contributed by atoms with Crippen molar-refractivity contribution in [2.24, 2.45) is 17.3 Å². The summed E-state index contributed by atoms with van der Waals surface area (Å²) >= 11 is 0. The normalized spacial score (nSPS) is 33.9. The first-order chi connectivity index (χ1) is 9.30. The van der Waals surface area contributed by atoms with Gasteiger partial charge in [0, 0.05) is 12.0 Å². The largest absolute Gasteiger partial charge is 0.507 e. The first-order valence-electron chi connectivity index (χ1n) is 7.07. The molecule has 110 valence electrons. The summed E-state index contributed by atoms with van der Waals surface area (Å²) in [6.07, 6.45) is 4.97. The fourth-order valence-electron chi connectivity index (χ4n) is 4.03. The lowest BCUT2D eigenvalue weighted by atomic mass is 9.58. The van der Waals surface area contributed by atoms with Crippen LogP contribution in [-0.4, -0.2) is 15.0 Å². The van der Waals surface area contributed by atoms with Gasteiger partial charge in [0.15, 0.2) is 0 Å². The van der Waals surface area contributed by atoms with E-state index in [1.54, 1.807) is 0 Å². The molecule has 0 saturated heterocycles. The van der Waals surface area contributed by atoms with Gasteiger partial charge in [-0.05, 0) is 30.1 Å². The number of hydrogen-bond acceptors (Lipinski definition) is 3. The molecule has 0 radical (unpaired) electrons. The molecular formula is C16H23NO3. The van der Waals surface area contributed by atoms with Crippen LogP contribution in [-0.2, 0) is 0 Å². The summed E-state index contributed by atoms with van der Waals surface area (Å²) in [5.74, 6) is 0.609. The van der Waals surface area contributed by atoms with Crippen molar-refractivity contribution < 1.29 is 10.3 Å². The maximum Gasteiger partial charge on any atom is 0.290 e. The average Bonchev–Trinajstić information content (AvgIpc) is 2.37. The number of nitrogens with zero attached hydrogens (tertiary/aromatic N) is 1. The highest BCUT2D eigenvalue weighted by molar-refractivity contribution is 5.36. The van der Waals surface area contributed by atoms with E-state index in [9.17, 15) is 15.1 Å². The van der Waals surface area contributed by atoms with Crippen molar-refractivity contribution in [1.29, 1.82) is 0 Å². The van der Waals surface area contributed by atoms with Crippen molar-refractivity contribution in [2.75, 3.05) is 0 Å². The predicted molar refractivity (Wildman–Crippen MR) is 78.2 cm³/mol. The van der Waals surface area contributed by atoms with Gasteiger partial charge >= 0.3 is 0 Å². The topological polar surface area (TPSA) is 62.5 Å². The van der Waals surface area contributed by atoms with Crippen molar-refractivity contribution in [3.8, 4) is 5.75 Å². The summed E-state index contributed by atoms with van der Waals surface area (Å²) in [5, 5.41) is 19.7. The van der Waals surface area contributed by atoms with E-state index in [1.165, 1.54) is 12.3 Å². The molecule has 1 aromatic heterocycles. The minimum atomic E-state index is -0.538. The Morgan fingerprint density at radius 2 is 2.15 bits per heavy atom. The average molecular weight is 277 g/mol. The van der Waals surface area contributed by atoms with Gasteiger partial charge < -0.3 is 10.3 Å². The number of aromatic hydroxyl groups is 1. The first kappa shape index (κ1) is 14.7. The quantitative estimate of drug-likeness (QED) is 0.645. The Balaban J connectivity index is 2.63. The fraction of sp³-hybridized carbons (Fsp3) is 0.562. The molecule has 1 aliphatic carbocycles. The Hall–Kier alpha value is -1.71. The van der Waals surface area contributed by atoms with Crippen molar-refractivity contribution in [3.05, 3.63) is 40.8 Å². The molecular weight excluding hydrogens is 254 g/mol. The zero-order valence-corrected chi connectivity index (χ0v) is 12.3. The molecule has 0 aliphatic heterocycles. The molecule has 1 heterocycles. The van der Waals surface area contributed by atoms with Gasteiger partial charge in [0.25, 0.3) is 5.56 Å². The van der Waals surface area contributed by atoms with Crippen molar-refractivity contribution >= 4 is 0 Å². The van der Waals surface area contributed by atoms with E-state index in [-0.39, 0.29) is 23.0 Å². The molecule has 1 saturated carbocycles. The highest BCUT2D eigenvalue weighted by Crippen LogP contribution is 2.53. The highest BCUT2D eigenvalue weighted by Gasteiger charge is 2.44. The zero-order chi connectivity index (χ0) is 15.1. The van der Waals surface area contributed by atoms with Gasteiger partial charge in [-0.25, -0.2) is 0 Å². The molecule has 0 spiro atoms. The smallest absolute Gasteiger partial charge is 0.290 e. The first-order valence-corrected chi connectivity index (χ1v) is 7.07. The Kier molecular flexibility index (Phi) is 3.67. The number of rotatable bonds is 2. The molecule has 4 nitrogen and oxygen atoms in total. The maximum absolute atomic E-state index is 12.2. The van der Waals surface area contributed by atoms with Crippen LogP contribution in [0.3, 0.4) is 0 Å². The molecule has 0 aromatic carbocycles. The van der Waals surface area contributed by atoms with Gasteiger partial charge in [0.1, 0.15) is 5.75 Å². The van der Waals surface area contributed by atoms with Gasteiger partial charge in [-0.15, -0.1) is 6.58 Å². The number of aromatic nitrogens is 1. The summed E-state index contributed by atoms with van der Waals surface area (Å²) in [6, 6.07) is 1.37. The van der Waals surface area contributed by atoms with Gasteiger partial charge in [-0.2, -0.15) is 4.73 Å². The second-order valence-corrected chi connectivity index (χ2v) is 6.47. The summed E-state index contributed by atoms with van der Waals surface area (Å²) in [7, 11) is 0. The predicted octanol–water partition coefficient (Wildman–Crippen LogP) is 3.13. The van der Waals surface area contributed by atoms with Gasteiger partial charge in [0.2, 0.25) is 0 Å². The minimum Gasteiger partial charge on any atom is -0.507 e. The number of hydrogen-bond donors (Lipinski definition) is 2. The van der Waals surface area contributed by atoms with Crippen LogP contribution in [0, 0.1) is 17.3 Å². The maximum atomic E-state index is 12.2. The Morgan fingerprint density at radius 1 is 1.50 bits per heavy atom. The number of pyridine rings is 1. The van der Waals surface area contributed by atoms with Crippen LogP contribution in [0.2, 0.25) is 0 Å². The molecule has 0 bridgehead atoms. The molecule has 4 heteroatoms. The lowest BCUT2D eigenvalue weighted by Crippen LogP contribution is -2.39. The summed E-state index contributed by atoms with van der Waals surface area (Å²) in [4.78, 5) is 12.2. The minimum absolute atomic E-state index is 0.0419. The molecule has 1 aromatic rings. The van der Waals surface area contributed by atoms with Gasteiger partial charge in [0.05, 0.1) is 11.8 Å². The van der Waals surface area contributed by atoms with Crippen LogP contribution >= 0.6 is 0 Å². The monoisotopic (exact) mass is 277 g/mol. The van der Waals surface area contributed by atoms with E-state index in [0.29, 0.717) is 16.2 Å². The molecule has 2 rings (SSSR count). The van der Waals surface area contributed by atoms with E-state index in [2.05, 4.69) is 27.4 Å². The van der Waals surface area contributed by atoms with Crippen molar-refractivity contribution in [2.45, 2.75) is 39.5 Å².